The van der Waals surface area contributed by atoms with Crippen LogP contribution in [0.4, 0.5) is 0 Å². The second-order valence-electron chi connectivity index (χ2n) is 6.65. The average molecular weight is 472 g/mol. The predicted molar refractivity (Wildman–Crippen MR) is 105 cm³/mol. The van der Waals surface area contributed by atoms with Crippen LogP contribution in [0, 0.1) is 0 Å². The molecule has 0 N–H and O–H groups in total. The van der Waals surface area contributed by atoms with E-state index in [1.54, 1.807) is 0 Å². The molecule has 0 radical (unpaired) electrons. The number of ether oxygens (including phenoxy) is 6. The van der Waals surface area contributed by atoms with Crippen LogP contribution in [-0.4, -0.2) is 80.4 Å². The molecule has 16 heteroatoms. The van der Waals surface area contributed by atoms with Crippen molar-refractivity contribution in [3.63, 3.8) is 0 Å². The van der Waals surface area contributed by atoms with Crippen molar-refractivity contribution in [3.8, 4) is 0 Å². The quantitative estimate of drug-likeness (QED) is 0.137. The fourth-order valence-electron chi connectivity index (χ4n) is 2.89. The smallest absolute Gasteiger partial charge is 0.303 e. The first kappa shape index (κ1) is 27.5. The summed E-state index contributed by atoms with van der Waals surface area (Å²) in [5, 5.41) is 6.72. The molecule has 1 fully saturated rings. The molecular formula is C17H24N6O10. The van der Waals surface area contributed by atoms with Crippen LogP contribution in [0.2, 0.25) is 0 Å². The van der Waals surface area contributed by atoms with Crippen LogP contribution in [0.15, 0.2) is 10.2 Å². The van der Waals surface area contributed by atoms with Gasteiger partial charge in [0.1, 0.15) is 12.7 Å². The normalized spacial score (nSPS) is 24.8. The summed E-state index contributed by atoms with van der Waals surface area (Å²) in [7, 11) is 0. The molecule has 0 saturated carbocycles. The third-order valence-corrected chi connectivity index (χ3v) is 3.97. The van der Waals surface area contributed by atoms with Crippen molar-refractivity contribution >= 4 is 23.9 Å². The van der Waals surface area contributed by atoms with Crippen LogP contribution >= 0.6 is 0 Å². The number of hydrogen-bond donors (Lipinski definition) is 0. The highest BCUT2D eigenvalue weighted by Gasteiger charge is 2.53. The molecule has 0 aromatic rings. The first-order valence-electron chi connectivity index (χ1n) is 9.56. The molecule has 182 valence electrons. The van der Waals surface area contributed by atoms with E-state index in [1.165, 1.54) is 0 Å². The molecule has 0 aliphatic carbocycles. The van der Waals surface area contributed by atoms with E-state index in [1.807, 2.05) is 0 Å². The molecule has 0 spiro atoms. The van der Waals surface area contributed by atoms with Crippen molar-refractivity contribution in [3.05, 3.63) is 20.9 Å². The molecule has 1 heterocycles. The third kappa shape index (κ3) is 9.62. The highest BCUT2D eigenvalue weighted by atomic mass is 16.7. The SMILES string of the molecule is CC(=O)OC[C@H]1O[C@@H](OC(CN=[N+]=[N-])CN=[N+]=[N-])[C@H](OC(C)=O)[C@@H](OC(C)=O)[C@@H]1OC(C)=O. The van der Waals surface area contributed by atoms with Gasteiger partial charge < -0.3 is 28.4 Å². The fraction of sp³-hybridized carbons (Fsp3) is 0.765. The van der Waals surface area contributed by atoms with E-state index in [4.69, 9.17) is 39.5 Å². The monoisotopic (exact) mass is 472 g/mol. The zero-order chi connectivity index (χ0) is 25.0. The van der Waals surface area contributed by atoms with Gasteiger partial charge in [0.25, 0.3) is 0 Å². The molecule has 0 aromatic heterocycles. The largest absolute Gasteiger partial charge is 0.463 e. The summed E-state index contributed by atoms with van der Waals surface area (Å²) in [5.74, 6) is -3.07. The predicted octanol–water partition coefficient (Wildman–Crippen LogP) is 1.08. The van der Waals surface area contributed by atoms with Crippen LogP contribution in [0.25, 0.3) is 20.9 Å². The van der Waals surface area contributed by atoms with Gasteiger partial charge in [-0.15, -0.1) is 0 Å². The van der Waals surface area contributed by atoms with Crippen LogP contribution in [0.1, 0.15) is 27.7 Å². The second-order valence-corrected chi connectivity index (χ2v) is 6.65. The molecular weight excluding hydrogens is 448 g/mol. The van der Waals surface area contributed by atoms with E-state index in [2.05, 4.69) is 20.1 Å². The number of carbonyl (C=O) groups excluding carboxylic acids is 4. The highest BCUT2D eigenvalue weighted by Crippen LogP contribution is 2.30. The lowest BCUT2D eigenvalue weighted by atomic mass is 9.98. The van der Waals surface area contributed by atoms with Gasteiger partial charge in [0, 0.05) is 37.5 Å². The van der Waals surface area contributed by atoms with Crippen molar-refractivity contribution in [1.82, 2.24) is 0 Å². The van der Waals surface area contributed by atoms with E-state index < -0.39 is 67.3 Å². The number of azide groups is 2. The van der Waals surface area contributed by atoms with Gasteiger partial charge >= 0.3 is 23.9 Å². The Balaban J connectivity index is 3.40. The van der Waals surface area contributed by atoms with Gasteiger partial charge in [-0.25, -0.2) is 0 Å². The van der Waals surface area contributed by atoms with Gasteiger partial charge in [-0.3, -0.25) is 19.2 Å². The Morgan fingerprint density at radius 2 is 1.30 bits per heavy atom. The molecule has 1 aliphatic rings. The van der Waals surface area contributed by atoms with E-state index in [0.29, 0.717) is 0 Å². The maximum atomic E-state index is 11.8. The summed E-state index contributed by atoms with van der Waals surface area (Å²) in [6, 6.07) is 0. The molecule has 5 atom stereocenters. The topological polar surface area (TPSA) is 221 Å². The standard InChI is InChI=1S/C17H24N6O10/c1-8(24)28-7-13-14(29-9(2)25)15(30-10(3)26)16(31-11(4)27)17(33-13)32-12(5-20-22-18)6-21-23-19/h12-17H,5-7H2,1-4H3/t13-,14-,15+,16-,17-/m1/s1. The highest BCUT2D eigenvalue weighted by molar-refractivity contribution is 5.68. The zero-order valence-corrected chi connectivity index (χ0v) is 18.4. The van der Waals surface area contributed by atoms with Gasteiger partial charge in [-0.2, -0.15) is 0 Å². The summed E-state index contributed by atoms with van der Waals surface area (Å²) in [5.41, 5.74) is 17.2. The Morgan fingerprint density at radius 3 is 1.76 bits per heavy atom. The molecule has 0 unspecified atom stereocenters. The van der Waals surface area contributed by atoms with Crippen molar-refractivity contribution in [2.24, 2.45) is 10.2 Å². The number of hydrogen-bond acceptors (Lipinski definition) is 12. The van der Waals surface area contributed by atoms with Crippen molar-refractivity contribution in [2.75, 3.05) is 19.7 Å². The lowest BCUT2D eigenvalue weighted by Crippen LogP contribution is -2.63. The number of rotatable bonds is 11. The molecule has 33 heavy (non-hydrogen) atoms. The number of nitrogens with zero attached hydrogens (tertiary/aromatic N) is 6. The zero-order valence-electron chi connectivity index (χ0n) is 18.4. The number of carbonyl (C=O) groups is 4. The molecule has 0 bridgehead atoms. The molecule has 1 aliphatic heterocycles. The van der Waals surface area contributed by atoms with Crippen molar-refractivity contribution < 1.29 is 47.6 Å². The molecule has 0 aromatic carbocycles. The first-order valence-corrected chi connectivity index (χ1v) is 9.56. The van der Waals surface area contributed by atoms with Crippen LogP contribution < -0.4 is 0 Å². The van der Waals surface area contributed by atoms with Gasteiger partial charge in [-0.1, -0.05) is 10.2 Å². The molecule has 1 saturated heterocycles. The maximum Gasteiger partial charge on any atom is 0.303 e. The van der Waals surface area contributed by atoms with Crippen molar-refractivity contribution in [2.45, 2.75) is 64.5 Å². The van der Waals surface area contributed by atoms with E-state index in [-0.39, 0.29) is 13.1 Å². The minimum atomic E-state index is -1.49. The fourth-order valence-corrected chi connectivity index (χ4v) is 2.89. The Hall–Kier alpha value is -3.58. The number of esters is 4. The summed E-state index contributed by atoms with van der Waals surface area (Å²) in [4.78, 5) is 51.8. The lowest BCUT2D eigenvalue weighted by molar-refractivity contribution is -0.315. The van der Waals surface area contributed by atoms with E-state index in [9.17, 15) is 19.2 Å². The summed E-state index contributed by atoms with van der Waals surface area (Å²) in [6.07, 6.45) is -7.95. The van der Waals surface area contributed by atoms with Crippen LogP contribution in [0.3, 0.4) is 0 Å². The second kappa shape index (κ2) is 13.8. The van der Waals surface area contributed by atoms with E-state index in [0.717, 1.165) is 27.7 Å². The van der Waals surface area contributed by atoms with Crippen molar-refractivity contribution in [1.29, 1.82) is 0 Å². The minimum absolute atomic E-state index is 0.289. The third-order valence-electron chi connectivity index (χ3n) is 3.97. The first-order chi connectivity index (χ1) is 15.6. The molecule has 0 amide bonds. The van der Waals surface area contributed by atoms with Gasteiger partial charge in [0.2, 0.25) is 0 Å². The lowest BCUT2D eigenvalue weighted by Gasteiger charge is -2.44. The Labute approximate surface area is 187 Å². The minimum Gasteiger partial charge on any atom is -0.463 e. The van der Waals surface area contributed by atoms with Gasteiger partial charge in [0.05, 0.1) is 19.2 Å². The summed E-state index contributed by atoms with van der Waals surface area (Å²) < 4.78 is 32.2. The Morgan fingerprint density at radius 1 is 0.818 bits per heavy atom. The summed E-state index contributed by atoms with van der Waals surface area (Å²) in [6.45, 7) is 3.37. The van der Waals surface area contributed by atoms with E-state index >= 15 is 0 Å². The van der Waals surface area contributed by atoms with Crippen LogP contribution in [0.5, 0.6) is 0 Å². The van der Waals surface area contributed by atoms with Gasteiger partial charge in [-0.05, 0) is 11.1 Å². The summed E-state index contributed by atoms with van der Waals surface area (Å²) >= 11 is 0. The van der Waals surface area contributed by atoms with Gasteiger partial charge in [0.15, 0.2) is 24.6 Å². The van der Waals surface area contributed by atoms with Crippen LogP contribution in [-0.2, 0) is 47.6 Å². The Kier molecular flexibility index (Phi) is 11.4. The molecule has 1 rings (SSSR count). The average Bonchev–Trinajstić information content (AvgIpc) is 2.71. The maximum absolute atomic E-state index is 11.8. The molecule has 16 nitrogen and oxygen atoms in total. The Bertz CT molecular complexity index is 805.